The van der Waals surface area contributed by atoms with E-state index in [9.17, 15) is 0 Å². The maximum absolute atomic E-state index is 4.16. The van der Waals surface area contributed by atoms with Crippen molar-refractivity contribution in [3.8, 4) is 0 Å². The Labute approximate surface area is 117 Å². The fourth-order valence-corrected chi connectivity index (χ4v) is 2.24. The molecule has 0 aliphatic carbocycles. The lowest BCUT2D eigenvalue weighted by Crippen LogP contribution is -2.32. The molecule has 5 nitrogen and oxygen atoms in total. The van der Waals surface area contributed by atoms with E-state index in [-0.39, 0.29) is 0 Å². The van der Waals surface area contributed by atoms with Crippen molar-refractivity contribution in [3.05, 3.63) is 11.9 Å². The Kier molecular flexibility index (Phi) is 7.67. The van der Waals surface area contributed by atoms with Crippen LogP contribution in [0.2, 0.25) is 0 Å². The predicted octanol–water partition coefficient (Wildman–Crippen LogP) is 1.76. The Morgan fingerprint density at radius 3 is 2.63 bits per heavy atom. The average Bonchev–Trinajstić information content (AvgIpc) is 2.87. The van der Waals surface area contributed by atoms with Gasteiger partial charge in [0.15, 0.2) is 0 Å². The van der Waals surface area contributed by atoms with Crippen LogP contribution in [-0.4, -0.2) is 46.6 Å². The summed E-state index contributed by atoms with van der Waals surface area (Å²) in [6.07, 6.45) is 4.56. The van der Waals surface area contributed by atoms with Crippen LogP contribution in [0.15, 0.2) is 6.20 Å². The minimum Gasteiger partial charge on any atom is -0.314 e. The van der Waals surface area contributed by atoms with E-state index in [0.717, 1.165) is 37.8 Å². The molecule has 1 rings (SSSR count). The quantitative estimate of drug-likeness (QED) is 0.701. The highest BCUT2D eigenvalue weighted by molar-refractivity contribution is 4.91. The molecule has 0 saturated heterocycles. The molecule has 0 bridgehead atoms. The third-order valence-corrected chi connectivity index (χ3v) is 3.71. The number of aromatic nitrogens is 3. The van der Waals surface area contributed by atoms with Crippen LogP contribution in [-0.2, 0) is 13.1 Å². The summed E-state index contributed by atoms with van der Waals surface area (Å²) in [6, 6.07) is 0. The maximum atomic E-state index is 4.16. The summed E-state index contributed by atoms with van der Waals surface area (Å²) in [5, 5.41) is 11.4. The van der Waals surface area contributed by atoms with Crippen LogP contribution in [0.5, 0.6) is 0 Å². The van der Waals surface area contributed by atoms with E-state index in [2.05, 4.69) is 41.3 Å². The van der Waals surface area contributed by atoms with Gasteiger partial charge in [0.25, 0.3) is 0 Å². The number of hydrogen-bond acceptors (Lipinski definition) is 4. The number of nitrogens with one attached hydrogen (secondary N) is 1. The molecule has 0 amide bonds. The van der Waals surface area contributed by atoms with Crippen molar-refractivity contribution in [2.75, 3.05) is 26.7 Å². The van der Waals surface area contributed by atoms with Gasteiger partial charge in [-0.05, 0) is 19.5 Å². The van der Waals surface area contributed by atoms with Crippen LogP contribution in [0.25, 0.3) is 0 Å². The average molecular weight is 267 g/mol. The molecule has 0 fully saturated rings. The van der Waals surface area contributed by atoms with Gasteiger partial charge in [0, 0.05) is 25.8 Å². The molecule has 0 spiro atoms. The van der Waals surface area contributed by atoms with Crippen molar-refractivity contribution < 1.29 is 0 Å². The zero-order chi connectivity index (χ0) is 14.1. The highest BCUT2D eigenvalue weighted by atomic mass is 15.4. The maximum Gasteiger partial charge on any atom is 0.0964 e. The largest absolute Gasteiger partial charge is 0.314 e. The van der Waals surface area contributed by atoms with Crippen molar-refractivity contribution in [2.24, 2.45) is 5.92 Å². The normalized spacial score (nSPS) is 11.7. The topological polar surface area (TPSA) is 46.0 Å². The first-order chi connectivity index (χ1) is 9.23. The zero-order valence-electron chi connectivity index (χ0n) is 12.9. The first-order valence-corrected chi connectivity index (χ1v) is 7.49. The van der Waals surface area contributed by atoms with Gasteiger partial charge in [-0.1, -0.05) is 38.8 Å². The number of nitrogens with zero attached hydrogens (tertiary/aromatic N) is 4. The van der Waals surface area contributed by atoms with Crippen LogP contribution in [0, 0.1) is 5.92 Å². The van der Waals surface area contributed by atoms with Crippen molar-refractivity contribution in [3.63, 3.8) is 0 Å². The molecule has 110 valence electrons. The van der Waals surface area contributed by atoms with Gasteiger partial charge in [-0.3, -0.25) is 4.68 Å². The van der Waals surface area contributed by atoms with E-state index in [4.69, 9.17) is 0 Å². The Bertz CT molecular complexity index is 332. The molecule has 19 heavy (non-hydrogen) atoms. The van der Waals surface area contributed by atoms with Crippen molar-refractivity contribution in [2.45, 2.75) is 46.7 Å². The molecule has 0 atom stereocenters. The highest BCUT2D eigenvalue weighted by Gasteiger charge is 2.10. The monoisotopic (exact) mass is 267 g/mol. The molecule has 0 aromatic carbocycles. The van der Waals surface area contributed by atoms with E-state index < -0.39 is 0 Å². The SMILES string of the molecule is CCC(CC)CN(CC)CCn1cc(CNC)nn1. The summed E-state index contributed by atoms with van der Waals surface area (Å²) >= 11 is 0. The minimum atomic E-state index is 0.783. The number of rotatable bonds is 10. The van der Waals surface area contributed by atoms with E-state index in [0.29, 0.717) is 0 Å². The van der Waals surface area contributed by atoms with Crippen LogP contribution in [0.1, 0.15) is 39.3 Å². The molecule has 0 aliphatic rings. The van der Waals surface area contributed by atoms with Gasteiger partial charge in [-0.15, -0.1) is 5.10 Å². The summed E-state index contributed by atoms with van der Waals surface area (Å²) in [6.45, 7) is 11.9. The molecule has 5 heteroatoms. The first kappa shape index (κ1) is 16.1. The smallest absolute Gasteiger partial charge is 0.0964 e. The molecule has 0 radical (unpaired) electrons. The van der Waals surface area contributed by atoms with Gasteiger partial charge >= 0.3 is 0 Å². The van der Waals surface area contributed by atoms with E-state index in [1.807, 2.05) is 17.9 Å². The molecule has 1 heterocycles. The molecular formula is C14H29N5. The van der Waals surface area contributed by atoms with Crippen LogP contribution >= 0.6 is 0 Å². The Hall–Kier alpha value is -0.940. The highest BCUT2D eigenvalue weighted by Crippen LogP contribution is 2.09. The van der Waals surface area contributed by atoms with Crippen LogP contribution in [0.3, 0.4) is 0 Å². The molecule has 1 aromatic heterocycles. The lowest BCUT2D eigenvalue weighted by molar-refractivity contribution is 0.222. The van der Waals surface area contributed by atoms with Crippen molar-refractivity contribution in [1.82, 2.24) is 25.2 Å². The van der Waals surface area contributed by atoms with E-state index in [1.165, 1.54) is 19.4 Å². The van der Waals surface area contributed by atoms with Gasteiger partial charge in [-0.25, -0.2) is 0 Å². The first-order valence-electron chi connectivity index (χ1n) is 7.49. The summed E-state index contributed by atoms with van der Waals surface area (Å²) in [5.74, 6) is 0.815. The lowest BCUT2D eigenvalue weighted by Gasteiger charge is -2.24. The number of likely N-dealkylation sites (N-methyl/N-ethyl adjacent to an activating group) is 1. The van der Waals surface area contributed by atoms with Crippen molar-refractivity contribution in [1.29, 1.82) is 0 Å². The van der Waals surface area contributed by atoms with E-state index in [1.54, 1.807) is 0 Å². The Morgan fingerprint density at radius 1 is 1.32 bits per heavy atom. The second-order valence-electron chi connectivity index (χ2n) is 5.08. The summed E-state index contributed by atoms with van der Waals surface area (Å²) in [5.41, 5.74) is 1.01. The standard InChI is InChI=1S/C14H29N5/c1-5-13(6-2)11-18(7-3)8-9-19-12-14(10-15-4)16-17-19/h12-13,15H,5-11H2,1-4H3. The molecular weight excluding hydrogens is 238 g/mol. The number of hydrogen-bond donors (Lipinski definition) is 1. The van der Waals surface area contributed by atoms with Gasteiger partial charge < -0.3 is 10.2 Å². The minimum absolute atomic E-state index is 0.783. The Balaban J connectivity index is 2.39. The van der Waals surface area contributed by atoms with E-state index >= 15 is 0 Å². The molecule has 1 N–H and O–H groups in total. The summed E-state index contributed by atoms with van der Waals surface area (Å²) in [7, 11) is 1.92. The third kappa shape index (κ3) is 5.70. The molecule has 1 aromatic rings. The fraction of sp³-hybridized carbons (Fsp3) is 0.857. The van der Waals surface area contributed by atoms with Gasteiger partial charge in [0.05, 0.1) is 12.2 Å². The van der Waals surface area contributed by atoms with Crippen molar-refractivity contribution >= 4 is 0 Å². The Morgan fingerprint density at radius 2 is 2.05 bits per heavy atom. The third-order valence-electron chi connectivity index (χ3n) is 3.71. The lowest BCUT2D eigenvalue weighted by atomic mass is 10.0. The van der Waals surface area contributed by atoms with Gasteiger partial charge in [-0.2, -0.15) is 0 Å². The van der Waals surface area contributed by atoms with Crippen LogP contribution in [0.4, 0.5) is 0 Å². The van der Waals surface area contributed by atoms with Gasteiger partial charge in [0.1, 0.15) is 0 Å². The fourth-order valence-electron chi connectivity index (χ4n) is 2.24. The summed E-state index contributed by atoms with van der Waals surface area (Å²) < 4.78 is 1.95. The van der Waals surface area contributed by atoms with Crippen LogP contribution < -0.4 is 5.32 Å². The molecule has 0 saturated carbocycles. The zero-order valence-corrected chi connectivity index (χ0v) is 12.9. The predicted molar refractivity (Wildman–Crippen MR) is 79.0 cm³/mol. The van der Waals surface area contributed by atoms with Gasteiger partial charge in [0.2, 0.25) is 0 Å². The summed E-state index contributed by atoms with van der Waals surface area (Å²) in [4.78, 5) is 2.51. The second kappa shape index (κ2) is 9.04. The second-order valence-corrected chi connectivity index (χ2v) is 5.08. The molecule has 0 unspecified atom stereocenters. The molecule has 0 aliphatic heterocycles.